The van der Waals surface area contributed by atoms with E-state index in [-0.39, 0.29) is 22.7 Å². The Balaban J connectivity index is 2.23. The van der Waals surface area contributed by atoms with Crippen molar-refractivity contribution in [3.05, 3.63) is 63.7 Å². The van der Waals surface area contributed by atoms with Gasteiger partial charge in [-0.2, -0.15) is 0 Å². The van der Waals surface area contributed by atoms with E-state index < -0.39 is 27.1 Å². The maximum atomic E-state index is 12.5. The third-order valence-corrected chi connectivity index (χ3v) is 4.87. The number of rotatable bonds is 7. The lowest BCUT2D eigenvalue weighted by atomic mass is 10.1. The molecule has 0 spiro atoms. The highest BCUT2D eigenvalue weighted by molar-refractivity contribution is 7.89. The summed E-state index contributed by atoms with van der Waals surface area (Å²) in [5.74, 6) is 0. The van der Waals surface area contributed by atoms with Crippen LogP contribution in [-0.4, -0.2) is 20.4 Å². The quantitative estimate of drug-likeness (QED) is 0.575. The summed E-state index contributed by atoms with van der Waals surface area (Å²) in [6, 6.07) is 9.00. The van der Waals surface area contributed by atoms with Gasteiger partial charge in [0.1, 0.15) is 5.69 Å². The molecule has 0 aliphatic heterocycles. The van der Waals surface area contributed by atoms with Crippen LogP contribution >= 0.6 is 0 Å². The van der Waals surface area contributed by atoms with E-state index in [9.17, 15) is 27.3 Å². The molecule has 10 heteroatoms. The van der Waals surface area contributed by atoms with Gasteiger partial charge >= 0.3 is 0 Å². The number of hydrogen-bond donors (Lipinski definition) is 2. The maximum Gasteiger partial charge on any atom is 0.293 e. The van der Waals surface area contributed by atoms with Gasteiger partial charge in [-0.3, -0.25) is 10.1 Å². The number of benzene rings is 2. The summed E-state index contributed by atoms with van der Waals surface area (Å²) in [5, 5.41) is 14.0. The molecule has 2 rings (SSSR count). The summed E-state index contributed by atoms with van der Waals surface area (Å²) in [5.41, 5.74) is 0.250. The molecule has 25 heavy (non-hydrogen) atoms. The van der Waals surface area contributed by atoms with Crippen LogP contribution in [0.4, 0.5) is 20.2 Å². The number of nitrogens with one attached hydrogen (secondary N) is 2. The van der Waals surface area contributed by atoms with Crippen LogP contribution in [0.15, 0.2) is 47.4 Å². The summed E-state index contributed by atoms with van der Waals surface area (Å²) < 4.78 is 50.6. The van der Waals surface area contributed by atoms with Crippen LogP contribution in [0.1, 0.15) is 17.6 Å². The number of sulfonamides is 1. The minimum Gasteiger partial charge on any atom is -0.375 e. The summed E-state index contributed by atoms with van der Waals surface area (Å²) >= 11 is 0. The van der Waals surface area contributed by atoms with Crippen molar-refractivity contribution in [2.45, 2.75) is 17.9 Å². The third-order valence-electron chi connectivity index (χ3n) is 3.46. The molecular formula is C15H15F2N3O4S. The van der Waals surface area contributed by atoms with Crippen LogP contribution in [-0.2, 0) is 16.6 Å². The Kier molecular flexibility index (Phi) is 5.65. The summed E-state index contributed by atoms with van der Waals surface area (Å²) in [7, 11) is -2.60. The van der Waals surface area contributed by atoms with Crippen molar-refractivity contribution in [2.75, 3.05) is 12.4 Å². The van der Waals surface area contributed by atoms with Gasteiger partial charge in [0.2, 0.25) is 10.0 Å². The molecule has 0 fully saturated rings. The molecule has 2 N–H and O–H groups in total. The van der Waals surface area contributed by atoms with E-state index in [1.54, 1.807) is 0 Å². The number of halogens is 2. The van der Waals surface area contributed by atoms with Gasteiger partial charge < -0.3 is 5.32 Å². The fourth-order valence-corrected chi connectivity index (χ4v) is 2.82. The highest BCUT2D eigenvalue weighted by Crippen LogP contribution is 2.28. The van der Waals surface area contributed by atoms with Crippen LogP contribution in [0.2, 0.25) is 0 Å². The smallest absolute Gasteiger partial charge is 0.293 e. The average molecular weight is 371 g/mol. The minimum atomic E-state index is -3.80. The Labute approximate surface area is 142 Å². The molecule has 2 aromatic carbocycles. The van der Waals surface area contributed by atoms with Gasteiger partial charge in [0.05, 0.1) is 9.82 Å². The van der Waals surface area contributed by atoms with E-state index in [2.05, 4.69) is 10.0 Å². The standard InChI is InChI=1S/C15H15F2N3O4S/c1-18-25(23,24)12-6-7-13(14(8-12)20(21)22)19-9-10-2-4-11(5-3-10)15(16)17/h2-8,15,18-19H,9H2,1H3. The molecule has 0 atom stereocenters. The lowest BCUT2D eigenvalue weighted by Crippen LogP contribution is -2.18. The molecule has 0 amide bonds. The highest BCUT2D eigenvalue weighted by Gasteiger charge is 2.20. The van der Waals surface area contributed by atoms with Crippen LogP contribution < -0.4 is 10.0 Å². The lowest BCUT2D eigenvalue weighted by Gasteiger charge is -2.09. The van der Waals surface area contributed by atoms with E-state index in [4.69, 9.17) is 0 Å². The van der Waals surface area contributed by atoms with Crippen molar-refractivity contribution in [1.29, 1.82) is 0 Å². The molecule has 0 aromatic heterocycles. The molecule has 2 aromatic rings. The Morgan fingerprint density at radius 1 is 1.16 bits per heavy atom. The molecule has 0 saturated heterocycles. The maximum absolute atomic E-state index is 12.5. The first kappa shape index (κ1) is 18.7. The zero-order valence-corrected chi connectivity index (χ0v) is 13.9. The zero-order chi connectivity index (χ0) is 18.6. The van der Waals surface area contributed by atoms with Gasteiger partial charge in [0.15, 0.2) is 0 Å². The first-order valence-electron chi connectivity index (χ1n) is 7.07. The molecule has 0 bridgehead atoms. The second-order valence-electron chi connectivity index (χ2n) is 5.04. The Hall–Kier alpha value is -2.59. The van der Waals surface area contributed by atoms with Crippen molar-refractivity contribution in [2.24, 2.45) is 0 Å². The molecular weight excluding hydrogens is 356 g/mol. The van der Waals surface area contributed by atoms with Gasteiger partial charge in [0.25, 0.3) is 12.1 Å². The first-order valence-corrected chi connectivity index (χ1v) is 8.56. The van der Waals surface area contributed by atoms with Crippen molar-refractivity contribution < 1.29 is 22.1 Å². The number of anilines is 1. The lowest BCUT2D eigenvalue weighted by molar-refractivity contribution is -0.384. The van der Waals surface area contributed by atoms with Crippen LogP contribution in [0.3, 0.4) is 0 Å². The Morgan fingerprint density at radius 2 is 1.80 bits per heavy atom. The number of nitro groups is 1. The van der Waals surface area contributed by atoms with Crippen molar-refractivity contribution >= 4 is 21.4 Å². The predicted molar refractivity (Wildman–Crippen MR) is 88.1 cm³/mol. The predicted octanol–water partition coefficient (Wildman–Crippen LogP) is 3.05. The van der Waals surface area contributed by atoms with E-state index >= 15 is 0 Å². The van der Waals surface area contributed by atoms with Gasteiger partial charge in [-0.05, 0) is 24.7 Å². The molecule has 0 aliphatic carbocycles. The minimum absolute atomic E-state index is 0.114. The molecule has 0 unspecified atom stereocenters. The van der Waals surface area contributed by atoms with Crippen LogP contribution in [0.25, 0.3) is 0 Å². The molecule has 7 nitrogen and oxygen atoms in total. The second-order valence-corrected chi connectivity index (χ2v) is 6.93. The van der Waals surface area contributed by atoms with Gasteiger partial charge in [0, 0.05) is 18.2 Å². The molecule has 0 heterocycles. The Bertz CT molecular complexity index is 871. The fourth-order valence-electron chi connectivity index (χ4n) is 2.08. The third kappa shape index (κ3) is 4.48. The first-order chi connectivity index (χ1) is 11.7. The molecule has 0 saturated carbocycles. The van der Waals surface area contributed by atoms with Crippen molar-refractivity contribution in [1.82, 2.24) is 4.72 Å². The largest absolute Gasteiger partial charge is 0.375 e. The SMILES string of the molecule is CNS(=O)(=O)c1ccc(NCc2ccc(C(F)F)cc2)c([N+](=O)[O-])c1. The van der Waals surface area contributed by atoms with Gasteiger partial charge in [-0.1, -0.05) is 24.3 Å². The second kappa shape index (κ2) is 7.53. The van der Waals surface area contributed by atoms with Crippen molar-refractivity contribution in [3.8, 4) is 0 Å². The summed E-state index contributed by atoms with van der Waals surface area (Å²) in [6.07, 6.45) is -2.57. The van der Waals surface area contributed by atoms with E-state index in [0.29, 0.717) is 5.56 Å². The van der Waals surface area contributed by atoms with Crippen LogP contribution in [0.5, 0.6) is 0 Å². The van der Waals surface area contributed by atoms with E-state index in [0.717, 1.165) is 6.07 Å². The molecule has 0 aliphatic rings. The van der Waals surface area contributed by atoms with Crippen molar-refractivity contribution in [3.63, 3.8) is 0 Å². The number of alkyl halides is 2. The van der Waals surface area contributed by atoms with Crippen LogP contribution in [0, 0.1) is 10.1 Å². The zero-order valence-electron chi connectivity index (χ0n) is 13.1. The monoisotopic (exact) mass is 371 g/mol. The number of nitro benzene ring substituents is 1. The van der Waals surface area contributed by atoms with E-state index in [1.165, 1.54) is 43.4 Å². The number of hydrogen-bond acceptors (Lipinski definition) is 5. The summed E-state index contributed by atoms with van der Waals surface area (Å²) in [6.45, 7) is 0.155. The van der Waals surface area contributed by atoms with E-state index in [1.807, 2.05) is 0 Å². The average Bonchev–Trinajstić information content (AvgIpc) is 2.60. The Morgan fingerprint density at radius 3 is 2.32 bits per heavy atom. The topological polar surface area (TPSA) is 101 Å². The van der Waals surface area contributed by atoms with Gasteiger partial charge in [-0.15, -0.1) is 0 Å². The summed E-state index contributed by atoms with van der Waals surface area (Å²) in [4.78, 5) is 10.3. The normalized spacial score (nSPS) is 11.5. The van der Waals surface area contributed by atoms with Gasteiger partial charge in [-0.25, -0.2) is 21.9 Å². The molecule has 134 valence electrons. The molecule has 0 radical (unpaired) electrons. The fraction of sp³-hybridized carbons (Fsp3) is 0.200. The number of nitrogens with zero attached hydrogens (tertiary/aromatic N) is 1. The highest BCUT2D eigenvalue weighted by atomic mass is 32.2.